The Hall–Kier alpha value is -4.15. The van der Waals surface area contributed by atoms with Gasteiger partial charge in [-0.25, -0.2) is 4.68 Å². The number of carbonyl (C=O) groups is 1. The Morgan fingerprint density at radius 3 is 2.48 bits per heavy atom. The Morgan fingerprint density at radius 1 is 0.935 bits per heavy atom. The minimum Gasteiger partial charge on any atom is -0.493 e. The van der Waals surface area contributed by atoms with Gasteiger partial charge < -0.3 is 20.1 Å². The molecule has 1 amide bonds. The maximum absolute atomic E-state index is 13.9. The molecule has 2 N–H and O–H groups in total. The Labute approximate surface area is 285 Å². The average Bonchev–Trinajstić information content (AvgIpc) is 3.46. The monoisotopic (exact) mass is 691 g/mol. The zero-order valence-electron chi connectivity index (χ0n) is 24.8. The van der Waals surface area contributed by atoms with Crippen LogP contribution in [0.1, 0.15) is 29.7 Å². The number of hydrogen-bond acceptors (Lipinski definition) is 7. The van der Waals surface area contributed by atoms with Crippen LogP contribution in [-0.2, 0) is 17.2 Å². The van der Waals surface area contributed by atoms with Crippen molar-refractivity contribution in [3.05, 3.63) is 134 Å². The molecule has 0 saturated carbocycles. The van der Waals surface area contributed by atoms with E-state index in [1.54, 1.807) is 23.9 Å². The number of benzene rings is 4. The summed E-state index contributed by atoms with van der Waals surface area (Å²) in [5.41, 5.74) is 4.31. The number of halogens is 3. The van der Waals surface area contributed by atoms with Gasteiger partial charge in [0, 0.05) is 37.8 Å². The SMILES string of the molecule is COc1cc(C2C(C(=O)Nc3ccccc3)=C(C)Nc3nc(SCc4ccccc4Cl)nn32)ccc1OCc1ccc(Cl)cc1Cl. The molecule has 6 rings (SSSR count). The molecule has 2 heterocycles. The second kappa shape index (κ2) is 14.1. The molecule has 0 radical (unpaired) electrons. The summed E-state index contributed by atoms with van der Waals surface area (Å²) in [6, 6.07) is 27.2. The maximum atomic E-state index is 13.9. The van der Waals surface area contributed by atoms with Gasteiger partial charge in [-0.1, -0.05) is 95.1 Å². The highest BCUT2D eigenvalue weighted by atomic mass is 35.5. The van der Waals surface area contributed by atoms with Gasteiger partial charge in [-0.2, -0.15) is 4.98 Å². The van der Waals surface area contributed by atoms with E-state index in [1.807, 2.05) is 85.8 Å². The Balaban J connectivity index is 1.34. The van der Waals surface area contributed by atoms with Crippen LogP contribution in [0.25, 0.3) is 0 Å². The zero-order chi connectivity index (χ0) is 32.2. The van der Waals surface area contributed by atoms with Gasteiger partial charge in [0.1, 0.15) is 12.6 Å². The number of thioether (sulfide) groups is 1. The summed E-state index contributed by atoms with van der Waals surface area (Å²) >= 11 is 20.3. The van der Waals surface area contributed by atoms with E-state index in [4.69, 9.17) is 54.4 Å². The highest BCUT2D eigenvalue weighted by Crippen LogP contribution is 2.40. The first kappa shape index (κ1) is 31.8. The molecule has 1 aliphatic heterocycles. The fourth-order valence-electron chi connectivity index (χ4n) is 5.04. The molecular weight excluding hydrogens is 665 g/mol. The largest absolute Gasteiger partial charge is 0.493 e. The summed E-state index contributed by atoms with van der Waals surface area (Å²) in [5.74, 6) is 1.81. The van der Waals surface area contributed by atoms with E-state index in [9.17, 15) is 4.79 Å². The van der Waals surface area contributed by atoms with E-state index >= 15 is 0 Å². The molecule has 12 heteroatoms. The van der Waals surface area contributed by atoms with Gasteiger partial charge in [0.2, 0.25) is 11.1 Å². The van der Waals surface area contributed by atoms with Gasteiger partial charge in [-0.3, -0.25) is 4.79 Å². The van der Waals surface area contributed by atoms with E-state index in [-0.39, 0.29) is 12.5 Å². The lowest BCUT2D eigenvalue weighted by Crippen LogP contribution is -2.31. The van der Waals surface area contributed by atoms with Crippen molar-refractivity contribution in [2.45, 2.75) is 30.5 Å². The molecule has 0 fully saturated rings. The molecule has 8 nitrogen and oxygen atoms in total. The lowest BCUT2D eigenvalue weighted by atomic mass is 9.94. The molecule has 0 saturated heterocycles. The summed E-state index contributed by atoms with van der Waals surface area (Å²) in [5, 5.41) is 13.4. The predicted octanol–water partition coefficient (Wildman–Crippen LogP) is 9.05. The van der Waals surface area contributed by atoms with E-state index in [2.05, 4.69) is 10.6 Å². The summed E-state index contributed by atoms with van der Waals surface area (Å²) in [6.45, 7) is 2.06. The van der Waals surface area contributed by atoms with Crippen LogP contribution in [0.5, 0.6) is 11.5 Å². The van der Waals surface area contributed by atoms with Gasteiger partial charge >= 0.3 is 0 Å². The lowest BCUT2D eigenvalue weighted by Gasteiger charge is -2.29. The summed E-state index contributed by atoms with van der Waals surface area (Å²) < 4.78 is 13.6. The van der Waals surface area contributed by atoms with Crippen molar-refractivity contribution >= 4 is 64.1 Å². The second-order valence-corrected chi connectivity index (χ2v) is 12.6. The molecule has 1 aromatic heterocycles. The maximum Gasteiger partial charge on any atom is 0.255 e. The smallest absolute Gasteiger partial charge is 0.255 e. The molecule has 46 heavy (non-hydrogen) atoms. The van der Waals surface area contributed by atoms with Crippen LogP contribution in [0, 0.1) is 0 Å². The van der Waals surface area contributed by atoms with Crippen LogP contribution in [-0.4, -0.2) is 27.8 Å². The molecular formula is C34H28Cl3N5O3S. The Bertz CT molecular complexity index is 1930. The van der Waals surface area contributed by atoms with Crippen molar-refractivity contribution in [1.29, 1.82) is 0 Å². The number of fused-ring (bicyclic) bond motifs is 1. The number of methoxy groups -OCH3 is 1. The van der Waals surface area contributed by atoms with Crippen LogP contribution < -0.4 is 20.1 Å². The molecule has 5 aromatic rings. The summed E-state index contributed by atoms with van der Waals surface area (Å²) in [7, 11) is 1.57. The lowest BCUT2D eigenvalue weighted by molar-refractivity contribution is -0.113. The fourth-order valence-corrected chi connectivity index (χ4v) is 6.62. The van der Waals surface area contributed by atoms with Crippen molar-refractivity contribution in [3.63, 3.8) is 0 Å². The van der Waals surface area contributed by atoms with Crippen molar-refractivity contribution in [2.24, 2.45) is 0 Å². The van der Waals surface area contributed by atoms with Crippen LogP contribution in [0.15, 0.2) is 107 Å². The van der Waals surface area contributed by atoms with Crippen LogP contribution >= 0.6 is 46.6 Å². The first-order chi connectivity index (χ1) is 22.3. The molecule has 0 spiro atoms. The third-order valence-electron chi connectivity index (χ3n) is 7.33. The fraction of sp³-hybridized carbons (Fsp3) is 0.147. The van der Waals surface area contributed by atoms with Crippen LogP contribution in [0.2, 0.25) is 15.1 Å². The zero-order valence-corrected chi connectivity index (χ0v) is 27.8. The molecule has 1 atom stereocenters. The number of aromatic nitrogens is 3. The minimum atomic E-state index is -0.629. The number of carbonyl (C=O) groups excluding carboxylic acids is 1. The van der Waals surface area contributed by atoms with E-state index < -0.39 is 6.04 Å². The van der Waals surface area contributed by atoms with E-state index in [0.29, 0.717) is 60.4 Å². The van der Waals surface area contributed by atoms with Crippen LogP contribution in [0.3, 0.4) is 0 Å². The molecule has 0 aliphatic carbocycles. The number of amides is 1. The second-order valence-electron chi connectivity index (χ2n) is 10.4. The van der Waals surface area contributed by atoms with Crippen molar-refractivity contribution in [1.82, 2.24) is 14.8 Å². The number of nitrogens with zero attached hydrogens (tertiary/aromatic N) is 3. The number of ether oxygens (including phenoxy) is 2. The number of rotatable bonds is 10. The van der Waals surface area contributed by atoms with Gasteiger partial charge in [0.05, 0.1) is 12.7 Å². The Kier molecular flexibility index (Phi) is 9.75. The minimum absolute atomic E-state index is 0.210. The third-order valence-corrected chi connectivity index (χ3v) is 9.17. The van der Waals surface area contributed by atoms with E-state index in [1.165, 1.54) is 11.8 Å². The number of para-hydroxylation sites is 1. The highest BCUT2D eigenvalue weighted by Gasteiger charge is 2.35. The predicted molar refractivity (Wildman–Crippen MR) is 184 cm³/mol. The molecule has 1 unspecified atom stereocenters. The number of anilines is 2. The highest BCUT2D eigenvalue weighted by molar-refractivity contribution is 7.98. The van der Waals surface area contributed by atoms with Crippen molar-refractivity contribution in [2.75, 3.05) is 17.7 Å². The normalized spacial score (nSPS) is 14.0. The molecule has 1 aliphatic rings. The average molecular weight is 693 g/mol. The first-order valence-electron chi connectivity index (χ1n) is 14.2. The van der Waals surface area contributed by atoms with Gasteiger partial charge in [0.15, 0.2) is 11.5 Å². The molecule has 0 bridgehead atoms. The van der Waals surface area contributed by atoms with Crippen molar-refractivity contribution < 1.29 is 14.3 Å². The topological polar surface area (TPSA) is 90.3 Å². The standard InChI is InChI=1S/C34H28Cl3N5O3S/c1-20-30(32(43)39-25-9-4-3-5-10-25)31(42-33(38-20)40-34(41-42)46-19-23-8-6-7-11-26(23)36)21-13-15-28(29(16-21)44-2)45-18-22-12-14-24(35)17-27(22)37/h3-17,31H,18-19H2,1-2H3,(H,39,43)(H,38,40,41). The first-order valence-corrected chi connectivity index (χ1v) is 16.3. The molecule has 234 valence electrons. The quantitative estimate of drug-likeness (QED) is 0.141. The van der Waals surface area contributed by atoms with Crippen LogP contribution in [0.4, 0.5) is 11.6 Å². The number of allylic oxidation sites excluding steroid dienone is 1. The Morgan fingerprint density at radius 2 is 1.72 bits per heavy atom. The number of hydrogen-bond donors (Lipinski definition) is 2. The van der Waals surface area contributed by atoms with Gasteiger partial charge in [-0.15, -0.1) is 5.10 Å². The molecule has 4 aromatic carbocycles. The summed E-state index contributed by atoms with van der Waals surface area (Å²) in [4.78, 5) is 18.6. The summed E-state index contributed by atoms with van der Waals surface area (Å²) in [6.07, 6.45) is 0. The van der Waals surface area contributed by atoms with Crippen molar-refractivity contribution in [3.8, 4) is 11.5 Å². The van der Waals surface area contributed by atoms with E-state index in [0.717, 1.165) is 16.7 Å². The van der Waals surface area contributed by atoms with Gasteiger partial charge in [-0.05, 0) is 60.5 Å². The van der Waals surface area contributed by atoms with Gasteiger partial charge in [0.25, 0.3) is 5.91 Å². The number of nitrogens with one attached hydrogen (secondary N) is 2. The third kappa shape index (κ3) is 6.98.